The summed E-state index contributed by atoms with van der Waals surface area (Å²) in [4.78, 5) is 30.6. The number of nitrogens with zero attached hydrogens (tertiary/aromatic N) is 2. The fourth-order valence-electron chi connectivity index (χ4n) is 1.24. The Labute approximate surface area is 105 Å². The van der Waals surface area contributed by atoms with Gasteiger partial charge in [0.1, 0.15) is 0 Å². The molecule has 1 aromatic rings. The van der Waals surface area contributed by atoms with Crippen molar-refractivity contribution in [2.45, 2.75) is 11.8 Å². The number of carbonyl (C=O) groups is 1. The van der Waals surface area contributed by atoms with Gasteiger partial charge in [0, 0.05) is 16.5 Å². The maximum atomic E-state index is 10.7. The molecule has 0 bridgehead atoms. The zero-order valence-corrected chi connectivity index (χ0v) is 9.97. The Bertz CT molecular complexity index is 530. The number of carboxylic acids is 1. The fraction of sp³-hybridized carbons (Fsp3) is 0.222. The van der Waals surface area contributed by atoms with Crippen molar-refractivity contribution in [3.8, 4) is 0 Å². The third-order valence-electron chi connectivity index (χ3n) is 2.08. The first-order chi connectivity index (χ1) is 8.32. The van der Waals surface area contributed by atoms with Gasteiger partial charge in [0.25, 0.3) is 11.4 Å². The van der Waals surface area contributed by atoms with E-state index < -0.39 is 27.2 Å². The van der Waals surface area contributed by atoms with Gasteiger partial charge in [0.2, 0.25) is 0 Å². The van der Waals surface area contributed by atoms with Crippen LogP contribution in [0.3, 0.4) is 0 Å². The highest BCUT2D eigenvalue weighted by molar-refractivity contribution is 8.00. The molecule has 1 N–H and O–H groups in total. The average molecular weight is 272 g/mol. The second kappa shape index (κ2) is 5.45. The van der Waals surface area contributed by atoms with Gasteiger partial charge in [-0.15, -0.1) is 11.8 Å². The molecule has 1 aromatic carbocycles. The quantitative estimate of drug-likeness (QED) is 0.493. The summed E-state index contributed by atoms with van der Waals surface area (Å²) in [6.45, 7) is 1.42. The zero-order chi connectivity index (χ0) is 13.9. The summed E-state index contributed by atoms with van der Waals surface area (Å²) in [6.07, 6.45) is 0. The van der Waals surface area contributed by atoms with Gasteiger partial charge in [-0.05, 0) is 6.92 Å². The number of benzene rings is 1. The van der Waals surface area contributed by atoms with E-state index in [0.29, 0.717) is 0 Å². The van der Waals surface area contributed by atoms with Crippen LogP contribution in [0, 0.1) is 27.2 Å². The number of hydrogen-bond acceptors (Lipinski definition) is 6. The molecule has 0 saturated carbocycles. The predicted octanol–water partition coefficient (Wildman–Crippen LogP) is 1.99. The number of hydrogen-bond donors (Lipinski definition) is 1. The molecule has 0 unspecified atom stereocenters. The van der Waals surface area contributed by atoms with E-state index in [0.717, 1.165) is 23.9 Å². The Hall–Kier alpha value is -2.16. The lowest BCUT2D eigenvalue weighted by Gasteiger charge is -2.04. The van der Waals surface area contributed by atoms with Crippen molar-refractivity contribution in [1.29, 1.82) is 0 Å². The van der Waals surface area contributed by atoms with Crippen LogP contribution in [0.25, 0.3) is 0 Å². The Kier molecular flexibility index (Phi) is 4.21. The monoisotopic (exact) mass is 272 g/mol. The van der Waals surface area contributed by atoms with Crippen LogP contribution >= 0.6 is 11.8 Å². The number of carboxylic acid groups (broad SMARTS) is 1. The number of nitro benzene ring substituents is 2. The molecule has 0 atom stereocenters. The first-order valence-corrected chi connectivity index (χ1v) is 5.59. The van der Waals surface area contributed by atoms with Gasteiger partial charge in [-0.1, -0.05) is 0 Å². The number of nitro groups is 2. The second-order valence-corrected chi connectivity index (χ2v) is 4.30. The van der Waals surface area contributed by atoms with E-state index in [4.69, 9.17) is 5.11 Å². The summed E-state index contributed by atoms with van der Waals surface area (Å²) in [5.74, 6) is -1.42. The summed E-state index contributed by atoms with van der Waals surface area (Å²) in [5.41, 5.74) is -0.603. The lowest BCUT2D eigenvalue weighted by Crippen LogP contribution is -2.00. The molecule has 0 heterocycles. The van der Waals surface area contributed by atoms with Crippen molar-refractivity contribution in [3.05, 3.63) is 37.9 Å². The Morgan fingerprint density at radius 1 is 1.33 bits per heavy atom. The number of rotatable bonds is 5. The van der Waals surface area contributed by atoms with E-state index >= 15 is 0 Å². The summed E-state index contributed by atoms with van der Waals surface area (Å²) in [5, 5.41) is 29.9. The molecule has 0 fully saturated rings. The standard InChI is InChI=1S/C9H8N2O6S/c1-5-7(11(16)17)2-6(10(14)15)3-8(5)18-4-9(12)13/h2-3H,4H2,1H3,(H,12,13). The Morgan fingerprint density at radius 2 is 1.94 bits per heavy atom. The van der Waals surface area contributed by atoms with E-state index in [1.165, 1.54) is 6.92 Å². The van der Waals surface area contributed by atoms with Crippen LogP contribution in [-0.4, -0.2) is 26.7 Å². The minimum atomic E-state index is -1.10. The van der Waals surface area contributed by atoms with Crippen LogP contribution in [0.15, 0.2) is 17.0 Å². The zero-order valence-electron chi connectivity index (χ0n) is 9.15. The maximum absolute atomic E-state index is 10.7. The fourth-order valence-corrected chi connectivity index (χ4v) is 2.05. The van der Waals surface area contributed by atoms with Crippen molar-refractivity contribution in [3.63, 3.8) is 0 Å². The molecule has 0 aliphatic rings. The van der Waals surface area contributed by atoms with Crippen LogP contribution in [0.5, 0.6) is 0 Å². The second-order valence-electron chi connectivity index (χ2n) is 3.28. The Morgan fingerprint density at radius 3 is 2.39 bits per heavy atom. The molecular weight excluding hydrogens is 264 g/mol. The highest BCUT2D eigenvalue weighted by atomic mass is 32.2. The van der Waals surface area contributed by atoms with Crippen LogP contribution in [-0.2, 0) is 4.79 Å². The van der Waals surface area contributed by atoms with Gasteiger partial charge in [0.15, 0.2) is 0 Å². The molecule has 0 aromatic heterocycles. The van der Waals surface area contributed by atoms with Gasteiger partial charge < -0.3 is 5.11 Å². The van der Waals surface area contributed by atoms with Crippen molar-refractivity contribution in [2.75, 3.05) is 5.75 Å². The van der Waals surface area contributed by atoms with Crippen molar-refractivity contribution in [1.82, 2.24) is 0 Å². The highest BCUT2D eigenvalue weighted by Gasteiger charge is 2.21. The number of aliphatic carboxylic acids is 1. The van der Waals surface area contributed by atoms with Crippen molar-refractivity contribution < 1.29 is 19.7 Å². The predicted molar refractivity (Wildman–Crippen MR) is 62.8 cm³/mol. The van der Waals surface area contributed by atoms with Gasteiger partial charge in [-0.3, -0.25) is 25.0 Å². The Balaban J connectivity index is 3.26. The smallest absolute Gasteiger partial charge is 0.313 e. The van der Waals surface area contributed by atoms with Gasteiger partial charge >= 0.3 is 5.97 Å². The first kappa shape index (κ1) is 13.9. The average Bonchev–Trinajstić information content (AvgIpc) is 2.26. The lowest BCUT2D eigenvalue weighted by atomic mass is 10.2. The van der Waals surface area contributed by atoms with E-state index in [2.05, 4.69) is 0 Å². The SMILES string of the molecule is Cc1c(SCC(=O)O)cc([N+](=O)[O-])cc1[N+](=O)[O-]. The summed E-state index contributed by atoms with van der Waals surface area (Å²) >= 11 is 0.810. The maximum Gasteiger partial charge on any atom is 0.313 e. The minimum Gasteiger partial charge on any atom is -0.481 e. The lowest BCUT2D eigenvalue weighted by molar-refractivity contribution is -0.394. The highest BCUT2D eigenvalue weighted by Crippen LogP contribution is 2.33. The molecule has 0 radical (unpaired) electrons. The molecule has 0 amide bonds. The number of non-ortho nitro benzene ring substituents is 1. The van der Waals surface area contributed by atoms with Gasteiger partial charge in [0.05, 0.1) is 21.7 Å². The van der Waals surface area contributed by atoms with E-state index in [9.17, 15) is 25.0 Å². The largest absolute Gasteiger partial charge is 0.481 e. The third kappa shape index (κ3) is 3.17. The summed E-state index contributed by atoms with van der Waals surface area (Å²) < 4.78 is 0. The van der Waals surface area contributed by atoms with Gasteiger partial charge in [-0.25, -0.2) is 0 Å². The molecular formula is C9H8N2O6S. The molecule has 96 valence electrons. The van der Waals surface area contributed by atoms with Crippen LogP contribution in [0.2, 0.25) is 0 Å². The molecule has 8 nitrogen and oxygen atoms in total. The molecule has 0 saturated heterocycles. The summed E-state index contributed by atoms with van der Waals surface area (Å²) in [6, 6.07) is 2.00. The van der Waals surface area contributed by atoms with Crippen molar-refractivity contribution in [2.24, 2.45) is 0 Å². The molecule has 18 heavy (non-hydrogen) atoms. The normalized spacial score (nSPS) is 10.1. The molecule has 0 spiro atoms. The van der Waals surface area contributed by atoms with E-state index in [1.807, 2.05) is 0 Å². The van der Waals surface area contributed by atoms with Crippen LogP contribution < -0.4 is 0 Å². The van der Waals surface area contributed by atoms with E-state index in [-0.39, 0.29) is 16.2 Å². The number of thioether (sulfide) groups is 1. The van der Waals surface area contributed by atoms with Gasteiger partial charge in [-0.2, -0.15) is 0 Å². The van der Waals surface area contributed by atoms with Crippen LogP contribution in [0.1, 0.15) is 5.56 Å². The molecule has 0 aliphatic carbocycles. The molecule has 9 heteroatoms. The minimum absolute atomic E-state index is 0.219. The first-order valence-electron chi connectivity index (χ1n) is 4.61. The molecule has 1 rings (SSSR count). The summed E-state index contributed by atoms with van der Waals surface area (Å²) in [7, 11) is 0. The van der Waals surface area contributed by atoms with E-state index in [1.54, 1.807) is 0 Å². The van der Waals surface area contributed by atoms with Crippen molar-refractivity contribution >= 4 is 29.1 Å². The topological polar surface area (TPSA) is 124 Å². The molecule has 0 aliphatic heterocycles. The third-order valence-corrected chi connectivity index (χ3v) is 3.20. The van der Waals surface area contributed by atoms with Crippen LogP contribution in [0.4, 0.5) is 11.4 Å².